The van der Waals surface area contributed by atoms with Crippen LogP contribution in [0.25, 0.3) is 0 Å². The number of nitrogens with one attached hydrogen (secondary N) is 1. The van der Waals surface area contributed by atoms with Crippen LogP contribution in [0.1, 0.15) is 22.5 Å². The van der Waals surface area contributed by atoms with Gasteiger partial charge in [0, 0.05) is 18.4 Å². The minimum Gasteiger partial charge on any atom is -0.490 e. The van der Waals surface area contributed by atoms with Gasteiger partial charge in [-0.25, -0.2) is 0 Å². The zero-order valence-electron chi connectivity index (χ0n) is 13.7. The number of hydrogen-bond donors (Lipinski definition) is 1. The first-order chi connectivity index (χ1) is 11.6. The lowest BCUT2D eigenvalue weighted by atomic mass is 10.2. The predicted molar refractivity (Wildman–Crippen MR) is 90.4 cm³/mol. The molecule has 2 heterocycles. The number of rotatable bonds is 4. The number of amides is 1. The maximum Gasteiger partial charge on any atom is 0.259 e. The van der Waals surface area contributed by atoms with E-state index < -0.39 is 0 Å². The van der Waals surface area contributed by atoms with Crippen LogP contribution in [0.5, 0.6) is 5.75 Å². The summed E-state index contributed by atoms with van der Waals surface area (Å²) in [7, 11) is 2.00. The molecule has 0 radical (unpaired) electrons. The first kappa shape index (κ1) is 15.9. The molecule has 1 aliphatic rings. The molecule has 0 unspecified atom stereocenters. The van der Waals surface area contributed by atoms with E-state index in [9.17, 15) is 4.79 Å². The predicted octanol–water partition coefficient (Wildman–Crippen LogP) is 2.19. The molecule has 124 valence electrons. The average Bonchev–Trinajstić information content (AvgIpc) is 2.94. The molecule has 0 saturated carbocycles. The number of likely N-dealkylation sites (N-methyl/N-ethyl adjacent to an activating group) is 1. The zero-order valence-corrected chi connectivity index (χ0v) is 13.7. The second kappa shape index (κ2) is 6.62. The Balaban J connectivity index is 1.77. The van der Waals surface area contributed by atoms with E-state index in [0.717, 1.165) is 23.7 Å². The van der Waals surface area contributed by atoms with Gasteiger partial charge in [-0.1, -0.05) is 0 Å². The van der Waals surface area contributed by atoms with Crippen molar-refractivity contribution < 1.29 is 9.53 Å². The Morgan fingerprint density at radius 2 is 2.33 bits per heavy atom. The Hall–Kier alpha value is -3.01. The largest absolute Gasteiger partial charge is 0.490 e. The molecule has 0 bridgehead atoms. The second-order valence-corrected chi connectivity index (χ2v) is 5.68. The van der Waals surface area contributed by atoms with Crippen LogP contribution >= 0.6 is 0 Å². The molecule has 1 N–H and O–H groups in total. The Bertz CT molecular complexity index is 806. The Morgan fingerprint density at radius 1 is 1.50 bits per heavy atom. The van der Waals surface area contributed by atoms with Crippen LogP contribution in [0.2, 0.25) is 0 Å². The highest BCUT2D eigenvalue weighted by molar-refractivity contribution is 6.05. The minimum atomic E-state index is -0.213. The number of carbonyl (C=O) groups is 1. The summed E-state index contributed by atoms with van der Waals surface area (Å²) in [6.45, 7) is 3.79. The van der Waals surface area contributed by atoms with Gasteiger partial charge in [0.05, 0.1) is 43.0 Å². The smallest absolute Gasteiger partial charge is 0.259 e. The lowest BCUT2D eigenvalue weighted by Crippen LogP contribution is -2.28. The highest BCUT2D eigenvalue weighted by Crippen LogP contribution is 2.33. The van der Waals surface area contributed by atoms with Gasteiger partial charge in [-0.2, -0.15) is 10.4 Å². The molecule has 0 fully saturated rings. The van der Waals surface area contributed by atoms with Gasteiger partial charge in [-0.15, -0.1) is 0 Å². The summed E-state index contributed by atoms with van der Waals surface area (Å²) in [6, 6.07) is 7.67. The lowest BCUT2D eigenvalue weighted by Gasteiger charge is -2.28. The van der Waals surface area contributed by atoms with Crippen molar-refractivity contribution in [1.29, 1.82) is 5.26 Å². The van der Waals surface area contributed by atoms with Crippen molar-refractivity contribution in [3.8, 4) is 11.8 Å². The van der Waals surface area contributed by atoms with Gasteiger partial charge < -0.3 is 15.0 Å². The molecule has 0 spiro atoms. The van der Waals surface area contributed by atoms with E-state index in [2.05, 4.69) is 21.4 Å². The summed E-state index contributed by atoms with van der Waals surface area (Å²) in [5.41, 5.74) is 2.93. The van der Waals surface area contributed by atoms with Crippen LogP contribution in [-0.4, -0.2) is 35.9 Å². The monoisotopic (exact) mass is 325 g/mol. The summed E-state index contributed by atoms with van der Waals surface area (Å²) >= 11 is 0. The number of anilines is 2. The summed E-state index contributed by atoms with van der Waals surface area (Å²) in [5.74, 6) is 0.609. The molecule has 7 heteroatoms. The minimum absolute atomic E-state index is 0.213. The first-order valence-electron chi connectivity index (χ1n) is 7.79. The molecule has 2 aromatic rings. The van der Waals surface area contributed by atoms with E-state index in [-0.39, 0.29) is 5.91 Å². The number of aromatic nitrogens is 2. The van der Waals surface area contributed by atoms with Gasteiger partial charge in [-0.3, -0.25) is 9.48 Å². The number of nitriles is 1. The Labute approximate surface area is 140 Å². The number of ether oxygens (including phenoxy) is 1. The van der Waals surface area contributed by atoms with Crippen LogP contribution in [0.15, 0.2) is 24.4 Å². The van der Waals surface area contributed by atoms with Crippen LogP contribution in [0.3, 0.4) is 0 Å². The average molecular weight is 325 g/mol. The molecule has 0 atom stereocenters. The van der Waals surface area contributed by atoms with Crippen LogP contribution in [0.4, 0.5) is 11.4 Å². The number of hydrogen-bond acceptors (Lipinski definition) is 5. The highest BCUT2D eigenvalue weighted by atomic mass is 16.5. The number of aryl methyl sites for hydroxylation is 1. The van der Waals surface area contributed by atoms with Gasteiger partial charge in [0.2, 0.25) is 0 Å². The van der Waals surface area contributed by atoms with E-state index in [0.29, 0.717) is 30.8 Å². The number of carbonyl (C=O) groups excluding carboxylic acids is 1. The SMILES string of the molecule is Cc1c(C(=O)Nc2ccc3c(c2)N(C)CCO3)cnn1CCC#N. The summed E-state index contributed by atoms with van der Waals surface area (Å²) in [6.07, 6.45) is 1.90. The van der Waals surface area contributed by atoms with E-state index in [1.807, 2.05) is 32.2 Å². The van der Waals surface area contributed by atoms with Crippen molar-refractivity contribution in [1.82, 2.24) is 9.78 Å². The summed E-state index contributed by atoms with van der Waals surface area (Å²) in [4.78, 5) is 14.6. The van der Waals surface area contributed by atoms with Gasteiger partial charge in [0.25, 0.3) is 5.91 Å². The molecule has 1 aromatic heterocycles. The molecule has 1 aromatic carbocycles. The van der Waals surface area contributed by atoms with Crippen molar-refractivity contribution >= 4 is 17.3 Å². The van der Waals surface area contributed by atoms with Crippen molar-refractivity contribution in [3.63, 3.8) is 0 Å². The fraction of sp³-hybridized carbons (Fsp3) is 0.353. The van der Waals surface area contributed by atoms with E-state index >= 15 is 0 Å². The fourth-order valence-electron chi connectivity index (χ4n) is 2.68. The fourth-order valence-corrected chi connectivity index (χ4v) is 2.68. The number of fused-ring (bicyclic) bond motifs is 1. The Morgan fingerprint density at radius 3 is 3.12 bits per heavy atom. The van der Waals surface area contributed by atoms with Crippen molar-refractivity contribution in [2.75, 3.05) is 30.4 Å². The molecular weight excluding hydrogens is 306 g/mol. The highest BCUT2D eigenvalue weighted by Gasteiger charge is 2.18. The molecule has 1 amide bonds. The number of nitrogens with zero attached hydrogens (tertiary/aromatic N) is 4. The third kappa shape index (κ3) is 3.04. The summed E-state index contributed by atoms with van der Waals surface area (Å²) < 4.78 is 7.28. The van der Waals surface area contributed by atoms with Gasteiger partial charge >= 0.3 is 0 Å². The standard InChI is InChI=1S/C17H19N5O2/c1-12-14(11-19-22(12)7-3-6-18)17(23)20-13-4-5-16-15(10-13)21(2)8-9-24-16/h4-5,10-11H,3,7-9H2,1-2H3,(H,20,23). The third-order valence-corrected chi connectivity index (χ3v) is 4.10. The molecule has 0 saturated heterocycles. The van der Waals surface area contributed by atoms with Crippen LogP contribution in [0, 0.1) is 18.3 Å². The van der Waals surface area contributed by atoms with Gasteiger partial charge in [0.15, 0.2) is 0 Å². The molecule has 7 nitrogen and oxygen atoms in total. The quantitative estimate of drug-likeness (QED) is 0.931. The second-order valence-electron chi connectivity index (χ2n) is 5.68. The lowest BCUT2D eigenvalue weighted by molar-refractivity contribution is 0.102. The van der Waals surface area contributed by atoms with Gasteiger partial charge in [0.1, 0.15) is 12.4 Å². The maximum absolute atomic E-state index is 12.5. The molecular formula is C17H19N5O2. The number of benzene rings is 1. The maximum atomic E-state index is 12.5. The summed E-state index contributed by atoms with van der Waals surface area (Å²) in [5, 5.41) is 15.7. The van der Waals surface area contributed by atoms with Crippen LogP contribution < -0.4 is 15.0 Å². The topological polar surface area (TPSA) is 83.2 Å². The third-order valence-electron chi connectivity index (χ3n) is 4.10. The molecule has 1 aliphatic heterocycles. The molecule has 0 aliphatic carbocycles. The van der Waals surface area contributed by atoms with Crippen LogP contribution in [-0.2, 0) is 6.54 Å². The zero-order chi connectivity index (χ0) is 17.1. The van der Waals surface area contributed by atoms with Crippen molar-refractivity contribution in [3.05, 3.63) is 35.7 Å². The van der Waals surface area contributed by atoms with E-state index in [1.54, 1.807) is 4.68 Å². The van der Waals surface area contributed by atoms with E-state index in [4.69, 9.17) is 10.00 Å². The molecule has 24 heavy (non-hydrogen) atoms. The van der Waals surface area contributed by atoms with Crippen molar-refractivity contribution in [2.24, 2.45) is 0 Å². The van der Waals surface area contributed by atoms with Crippen molar-refractivity contribution in [2.45, 2.75) is 19.9 Å². The van der Waals surface area contributed by atoms with E-state index in [1.165, 1.54) is 6.20 Å². The normalized spacial score (nSPS) is 13.0. The van der Waals surface area contributed by atoms with Gasteiger partial charge in [-0.05, 0) is 25.1 Å². The Kier molecular flexibility index (Phi) is 4.38. The molecule has 3 rings (SSSR count). The first-order valence-corrected chi connectivity index (χ1v) is 7.79.